The van der Waals surface area contributed by atoms with Gasteiger partial charge >= 0.3 is 0 Å². The second-order valence-electron chi connectivity index (χ2n) is 5.23. The number of nitrogens with zero attached hydrogens (tertiary/aromatic N) is 1. The standard InChI is InChI=1S/C15H20BrNO2/c1-10-5-4-6-11(2)15(10)19-9-12(3)17-8-13(16)7-14(17)18/h4-6,12-13H,7-9H2,1-3H3. The summed E-state index contributed by atoms with van der Waals surface area (Å²) in [5.74, 6) is 1.15. The molecular weight excluding hydrogens is 306 g/mol. The Balaban J connectivity index is 1.97. The van der Waals surface area contributed by atoms with Gasteiger partial charge in [0.05, 0.1) is 6.04 Å². The first-order valence-corrected chi connectivity index (χ1v) is 7.53. The molecule has 1 fully saturated rings. The normalized spacial score (nSPS) is 20.7. The second-order valence-corrected chi connectivity index (χ2v) is 6.52. The Morgan fingerprint density at radius 2 is 2.05 bits per heavy atom. The third kappa shape index (κ3) is 3.30. The van der Waals surface area contributed by atoms with Crippen LogP contribution in [0.25, 0.3) is 0 Å². The number of likely N-dealkylation sites (tertiary alicyclic amines) is 1. The van der Waals surface area contributed by atoms with E-state index in [9.17, 15) is 4.79 Å². The number of rotatable bonds is 4. The Bertz CT molecular complexity index is 455. The third-order valence-corrected chi connectivity index (χ3v) is 4.13. The highest BCUT2D eigenvalue weighted by atomic mass is 79.9. The van der Waals surface area contributed by atoms with Crippen molar-refractivity contribution in [2.75, 3.05) is 13.2 Å². The SMILES string of the molecule is Cc1cccc(C)c1OCC(C)N1CC(Br)CC1=O. The van der Waals surface area contributed by atoms with Gasteiger partial charge in [-0.25, -0.2) is 0 Å². The smallest absolute Gasteiger partial charge is 0.224 e. The maximum absolute atomic E-state index is 11.8. The summed E-state index contributed by atoms with van der Waals surface area (Å²) in [5, 5.41) is 0. The molecule has 1 amide bonds. The maximum atomic E-state index is 11.8. The first-order chi connectivity index (χ1) is 8.99. The lowest BCUT2D eigenvalue weighted by atomic mass is 10.1. The van der Waals surface area contributed by atoms with Gasteiger partial charge in [-0.2, -0.15) is 0 Å². The highest BCUT2D eigenvalue weighted by molar-refractivity contribution is 9.09. The monoisotopic (exact) mass is 325 g/mol. The fourth-order valence-electron chi connectivity index (χ4n) is 2.43. The van der Waals surface area contributed by atoms with Crippen LogP contribution in [-0.2, 0) is 4.79 Å². The molecule has 1 heterocycles. The van der Waals surface area contributed by atoms with E-state index in [4.69, 9.17) is 4.74 Å². The Kier molecular flexibility index (Phi) is 4.50. The first kappa shape index (κ1) is 14.4. The predicted molar refractivity (Wildman–Crippen MR) is 79.9 cm³/mol. The largest absolute Gasteiger partial charge is 0.491 e. The molecule has 0 aliphatic carbocycles. The molecule has 1 aliphatic heterocycles. The molecule has 0 bridgehead atoms. The van der Waals surface area contributed by atoms with Crippen LogP contribution in [-0.4, -0.2) is 34.8 Å². The van der Waals surface area contributed by atoms with E-state index in [1.807, 2.05) is 43.9 Å². The summed E-state index contributed by atoms with van der Waals surface area (Å²) in [6.07, 6.45) is 0.591. The first-order valence-electron chi connectivity index (χ1n) is 6.61. The number of para-hydroxylation sites is 1. The van der Waals surface area contributed by atoms with Gasteiger partial charge in [0.25, 0.3) is 0 Å². The number of hydrogen-bond donors (Lipinski definition) is 0. The van der Waals surface area contributed by atoms with Crippen LogP contribution in [0.2, 0.25) is 0 Å². The number of amides is 1. The lowest BCUT2D eigenvalue weighted by Crippen LogP contribution is -2.38. The molecule has 2 unspecified atom stereocenters. The molecule has 1 aromatic rings. The Morgan fingerprint density at radius 1 is 1.42 bits per heavy atom. The van der Waals surface area contributed by atoms with Gasteiger partial charge < -0.3 is 9.64 Å². The summed E-state index contributed by atoms with van der Waals surface area (Å²) in [6.45, 7) is 7.44. The van der Waals surface area contributed by atoms with Gasteiger partial charge in [-0.15, -0.1) is 0 Å². The third-order valence-electron chi connectivity index (χ3n) is 3.52. The molecule has 1 aliphatic rings. The Labute approximate surface area is 123 Å². The zero-order valence-electron chi connectivity index (χ0n) is 11.6. The number of ether oxygens (including phenoxy) is 1. The zero-order chi connectivity index (χ0) is 14.0. The quantitative estimate of drug-likeness (QED) is 0.796. The van der Waals surface area contributed by atoms with Crippen LogP contribution in [0.5, 0.6) is 5.75 Å². The number of benzene rings is 1. The minimum Gasteiger partial charge on any atom is -0.491 e. The summed E-state index contributed by atoms with van der Waals surface area (Å²) >= 11 is 3.50. The van der Waals surface area contributed by atoms with Crippen molar-refractivity contribution >= 4 is 21.8 Å². The second kappa shape index (κ2) is 5.95. The molecule has 2 rings (SSSR count). The van der Waals surface area contributed by atoms with Crippen molar-refractivity contribution < 1.29 is 9.53 Å². The predicted octanol–water partition coefficient (Wildman–Crippen LogP) is 3.07. The van der Waals surface area contributed by atoms with E-state index in [0.29, 0.717) is 13.0 Å². The van der Waals surface area contributed by atoms with Gasteiger partial charge in [-0.05, 0) is 31.9 Å². The van der Waals surface area contributed by atoms with Crippen molar-refractivity contribution in [3.8, 4) is 5.75 Å². The van der Waals surface area contributed by atoms with Crippen LogP contribution in [0.4, 0.5) is 0 Å². The van der Waals surface area contributed by atoms with Crippen LogP contribution >= 0.6 is 15.9 Å². The van der Waals surface area contributed by atoms with E-state index in [0.717, 1.165) is 23.4 Å². The number of carbonyl (C=O) groups is 1. The molecule has 19 heavy (non-hydrogen) atoms. The van der Waals surface area contributed by atoms with E-state index in [2.05, 4.69) is 15.9 Å². The topological polar surface area (TPSA) is 29.5 Å². The number of carbonyl (C=O) groups excluding carboxylic acids is 1. The maximum Gasteiger partial charge on any atom is 0.224 e. The van der Waals surface area contributed by atoms with E-state index >= 15 is 0 Å². The van der Waals surface area contributed by atoms with Crippen LogP contribution in [0.3, 0.4) is 0 Å². The van der Waals surface area contributed by atoms with Gasteiger partial charge in [0, 0.05) is 17.8 Å². The van der Waals surface area contributed by atoms with Crippen LogP contribution < -0.4 is 4.74 Å². The van der Waals surface area contributed by atoms with Crippen molar-refractivity contribution in [2.45, 2.75) is 38.1 Å². The van der Waals surface area contributed by atoms with Gasteiger partial charge in [0.15, 0.2) is 0 Å². The van der Waals surface area contributed by atoms with Crippen molar-refractivity contribution in [1.82, 2.24) is 4.90 Å². The van der Waals surface area contributed by atoms with E-state index in [-0.39, 0.29) is 16.8 Å². The molecular formula is C15H20BrNO2. The summed E-state index contributed by atoms with van der Waals surface area (Å²) < 4.78 is 5.92. The van der Waals surface area contributed by atoms with Gasteiger partial charge in [0.2, 0.25) is 5.91 Å². The van der Waals surface area contributed by atoms with Crippen molar-refractivity contribution in [3.63, 3.8) is 0 Å². The molecule has 0 aromatic heterocycles. The molecule has 0 N–H and O–H groups in total. The van der Waals surface area contributed by atoms with Crippen LogP contribution in [0, 0.1) is 13.8 Å². The van der Waals surface area contributed by atoms with Gasteiger partial charge in [0.1, 0.15) is 12.4 Å². The molecule has 0 saturated carbocycles. The minimum atomic E-state index is 0.106. The molecule has 104 valence electrons. The fraction of sp³-hybridized carbons (Fsp3) is 0.533. The highest BCUT2D eigenvalue weighted by Crippen LogP contribution is 2.24. The van der Waals surface area contributed by atoms with Crippen molar-refractivity contribution in [3.05, 3.63) is 29.3 Å². The zero-order valence-corrected chi connectivity index (χ0v) is 13.2. The molecule has 1 saturated heterocycles. The molecule has 3 nitrogen and oxygen atoms in total. The minimum absolute atomic E-state index is 0.106. The number of halogens is 1. The summed E-state index contributed by atoms with van der Waals surface area (Å²) in [4.78, 5) is 14.0. The molecule has 4 heteroatoms. The van der Waals surface area contributed by atoms with Crippen molar-refractivity contribution in [1.29, 1.82) is 0 Å². The van der Waals surface area contributed by atoms with E-state index < -0.39 is 0 Å². The number of alkyl halides is 1. The Morgan fingerprint density at radius 3 is 2.58 bits per heavy atom. The lowest BCUT2D eigenvalue weighted by molar-refractivity contribution is -0.129. The molecule has 2 atom stereocenters. The van der Waals surface area contributed by atoms with Gasteiger partial charge in [-0.1, -0.05) is 34.1 Å². The summed E-state index contributed by atoms with van der Waals surface area (Å²) in [7, 11) is 0. The average Bonchev–Trinajstić information content (AvgIpc) is 2.67. The van der Waals surface area contributed by atoms with Gasteiger partial charge in [-0.3, -0.25) is 4.79 Å². The van der Waals surface area contributed by atoms with E-state index in [1.54, 1.807) is 0 Å². The number of aryl methyl sites for hydroxylation is 2. The average molecular weight is 326 g/mol. The molecule has 1 aromatic carbocycles. The Hall–Kier alpha value is -1.03. The summed E-state index contributed by atoms with van der Waals surface area (Å²) in [5.41, 5.74) is 2.27. The lowest BCUT2D eigenvalue weighted by Gasteiger charge is -2.25. The summed E-state index contributed by atoms with van der Waals surface area (Å²) in [6, 6.07) is 6.22. The van der Waals surface area contributed by atoms with Crippen molar-refractivity contribution in [2.24, 2.45) is 0 Å². The fourth-order valence-corrected chi connectivity index (χ4v) is 3.02. The van der Waals surface area contributed by atoms with Crippen LogP contribution in [0.15, 0.2) is 18.2 Å². The van der Waals surface area contributed by atoms with Crippen LogP contribution in [0.1, 0.15) is 24.5 Å². The number of hydrogen-bond acceptors (Lipinski definition) is 2. The molecule has 0 spiro atoms. The molecule has 0 radical (unpaired) electrons. The highest BCUT2D eigenvalue weighted by Gasteiger charge is 2.31. The van der Waals surface area contributed by atoms with E-state index in [1.165, 1.54) is 0 Å².